The summed E-state index contributed by atoms with van der Waals surface area (Å²) in [4.78, 5) is 11.4. The number of benzene rings is 2. The molecule has 1 atom stereocenters. The van der Waals surface area contributed by atoms with Gasteiger partial charge in [0.2, 0.25) is 0 Å². The first-order chi connectivity index (χ1) is 9.97. The molecule has 0 unspecified atom stereocenters. The lowest BCUT2D eigenvalue weighted by atomic mass is 10.0. The average Bonchev–Trinajstić information content (AvgIpc) is 2.44. The minimum Gasteiger partial charge on any atom is -0.478 e. The van der Waals surface area contributed by atoms with Gasteiger partial charge in [-0.25, -0.2) is 4.79 Å². The highest BCUT2D eigenvalue weighted by molar-refractivity contribution is 6.32. The van der Waals surface area contributed by atoms with Crippen molar-refractivity contribution in [3.63, 3.8) is 0 Å². The van der Waals surface area contributed by atoms with Crippen LogP contribution in [0.5, 0.6) is 5.75 Å². The Balaban J connectivity index is 2.18. The number of para-hydroxylation sites is 1. The fourth-order valence-electron chi connectivity index (χ4n) is 2.02. The Bertz CT molecular complexity index is 652. The van der Waals surface area contributed by atoms with E-state index in [1.54, 1.807) is 24.3 Å². The molecule has 2 aromatic carbocycles. The van der Waals surface area contributed by atoms with Gasteiger partial charge in [-0.3, -0.25) is 0 Å². The number of halogens is 1. The van der Waals surface area contributed by atoms with Crippen molar-refractivity contribution in [3.8, 4) is 5.75 Å². The van der Waals surface area contributed by atoms with Crippen LogP contribution >= 0.6 is 11.6 Å². The van der Waals surface area contributed by atoms with Gasteiger partial charge >= 0.3 is 5.97 Å². The van der Waals surface area contributed by atoms with E-state index in [4.69, 9.17) is 16.3 Å². The minimum atomic E-state index is -1.01. The van der Waals surface area contributed by atoms with Crippen LogP contribution < -0.4 is 4.74 Å². The highest BCUT2D eigenvalue weighted by Gasteiger charge is 2.21. The van der Waals surface area contributed by atoms with Crippen molar-refractivity contribution in [3.05, 3.63) is 64.2 Å². The van der Waals surface area contributed by atoms with Crippen LogP contribution in [0, 0.1) is 13.8 Å². The number of aryl methyl sites for hydroxylation is 2. The molecule has 0 saturated carbocycles. The number of rotatable bonds is 5. The van der Waals surface area contributed by atoms with Crippen LogP contribution in [0.15, 0.2) is 42.5 Å². The third-order valence-corrected chi connectivity index (χ3v) is 3.69. The molecule has 2 rings (SSSR count). The molecule has 0 spiro atoms. The first-order valence-corrected chi connectivity index (χ1v) is 7.05. The third kappa shape index (κ3) is 3.99. The second kappa shape index (κ2) is 6.64. The van der Waals surface area contributed by atoms with Crippen molar-refractivity contribution < 1.29 is 14.6 Å². The van der Waals surface area contributed by atoms with Gasteiger partial charge in [-0.15, -0.1) is 0 Å². The maximum absolute atomic E-state index is 11.4. The Morgan fingerprint density at radius 1 is 1.19 bits per heavy atom. The summed E-state index contributed by atoms with van der Waals surface area (Å²) in [7, 11) is 0. The molecule has 0 aliphatic rings. The zero-order valence-corrected chi connectivity index (χ0v) is 12.7. The molecule has 110 valence electrons. The van der Waals surface area contributed by atoms with Crippen LogP contribution in [-0.2, 0) is 11.2 Å². The standard InChI is InChI=1S/C17H17ClO3/c1-11-7-8-13(9-12(11)2)10-16(17(19)20)21-15-6-4-3-5-14(15)18/h3-9,16H,10H2,1-2H3,(H,19,20)/t16-/m0/s1. The third-order valence-electron chi connectivity index (χ3n) is 3.37. The van der Waals surface area contributed by atoms with Crippen LogP contribution in [0.25, 0.3) is 0 Å². The molecule has 0 fully saturated rings. The van der Waals surface area contributed by atoms with Crippen molar-refractivity contribution in [1.29, 1.82) is 0 Å². The largest absolute Gasteiger partial charge is 0.478 e. The van der Waals surface area contributed by atoms with Crippen LogP contribution in [0.4, 0.5) is 0 Å². The van der Waals surface area contributed by atoms with Crippen molar-refractivity contribution >= 4 is 17.6 Å². The number of carboxylic acid groups (broad SMARTS) is 1. The van der Waals surface area contributed by atoms with Crippen LogP contribution in [-0.4, -0.2) is 17.2 Å². The van der Waals surface area contributed by atoms with Gasteiger partial charge in [-0.2, -0.15) is 0 Å². The Morgan fingerprint density at radius 2 is 1.90 bits per heavy atom. The van der Waals surface area contributed by atoms with Gasteiger partial charge in [0.05, 0.1) is 5.02 Å². The van der Waals surface area contributed by atoms with Gasteiger partial charge in [0.15, 0.2) is 6.10 Å². The Hall–Kier alpha value is -2.00. The lowest BCUT2D eigenvalue weighted by molar-refractivity contribution is -0.145. The normalized spacial score (nSPS) is 12.0. The van der Waals surface area contributed by atoms with Crippen LogP contribution in [0.3, 0.4) is 0 Å². The topological polar surface area (TPSA) is 46.5 Å². The Kier molecular flexibility index (Phi) is 4.86. The fourth-order valence-corrected chi connectivity index (χ4v) is 2.20. The summed E-state index contributed by atoms with van der Waals surface area (Å²) in [5, 5.41) is 9.75. The highest BCUT2D eigenvalue weighted by Crippen LogP contribution is 2.25. The maximum atomic E-state index is 11.4. The Morgan fingerprint density at radius 3 is 2.52 bits per heavy atom. The SMILES string of the molecule is Cc1ccc(C[C@H](Oc2ccccc2Cl)C(=O)O)cc1C. The first-order valence-electron chi connectivity index (χ1n) is 6.67. The van der Waals surface area contributed by atoms with E-state index in [0.29, 0.717) is 17.2 Å². The number of aliphatic carboxylic acids is 1. The van der Waals surface area contributed by atoms with Crippen molar-refractivity contribution in [2.75, 3.05) is 0 Å². The molecule has 2 aromatic rings. The number of ether oxygens (including phenoxy) is 1. The average molecular weight is 305 g/mol. The van der Waals surface area contributed by atoms with Crippen LogP contribution in [0.1, 0.15) is 16.7 Å². The molecule has 0 aromatic heterocycles. The van der Waals surface area contributed by atoms with Gasteiger partial charge in [0, 0.05) is 6.42 Å². The van der Waals surface area contributed by atoms with Gasteiger partial charge in [0.1, 0.15) is 5.75 Å². The monoisotopic (exact) mass is 304 g/mol. The van der Waals surface area contributed by atoms with Crippen molar-refractivity contribution in [2.45, 2.75) is 26.4 Å². The second-order valence-electron chi connectivity index (χ2n) is 5.00. The van der Waals surface area contributed by atoms with Crippen LogP contribution in [0.2, 0.25) is 5.02 Å². The minimum absolute atomic E-state index is 0.293. The van der Waals surface area contributed by atoms with E-state index in [1.165, 1.54) is 5.56 Å². The van der Waals surface area contributed by atoms with Crippen molar-refractivity contribution in [2.24, 2.45) is 0 Å². The number of hydrogen-bond donors (Lipinski definition) is 1. The number of carboxylic acids is 1. The van der Waals surface area contributed by atoms with Gasteiger partial charge in [-0.1, -0.05) is 41.9 Å². The van der Waals surface area contributed by atoms with Crippen molar-refractivity contribution in [1.82, 2.24) is 0 Å². The van der Waals surface area contributed by atoms with E-state index in [0.717, 1.165) is 11.1 Å². The van der Waals surface area contributed by atoms with Gasteiger partial charge in [-0.05, 0) is 42.7 Å². The smallest absolute Gasteiger partial charge is 0.345 e. The van der Waals surface area contributed by atoms with E-state index in [-0.39, 0.29) is 0 Å². The molecule has 0 bridgehead atoms. The molecule has 0 radical (unpaired) electrons. The van der Waals surface area contributed by atoms with Gasteiger partial charge in [0.25, 0.3) is 0 Å². The summed E-state index contributed by atoms with van der Waals surface area (Å²) in [5.74, 6) is -0.622. The summed E-state index contributed by atoms with van der Waals surface area (Å²) in [5.41, 5.74) is 3.24. The lowest BCUT2D eigenvalue weighted by Gasteiger charge is -2.16. The predicted octanol–water partition coefficient (Wildman–Crippen LogP) is 4.03. The molecule has 1 N–H and O–H groups in total. The van der Waals surface area contributed by atoms with E-state index >= 15 is 0 Å². The zero-order chi connectivity index (χ0) is 15.4. The Labute approximate surface area is 129 Å². The summed E-state index contributed by atoms with van der Waals surface area (Å²) in [6, 6.07) is 12.8. The first kappa shape index (κ1) is 15.4. The van der Waals surface area contributed by atoms with E-state index in [1.807, 2.05) is 32.0 Å². The maximum Gasteiger partial charge on any atom is 0.345 e. The summed E-state index contributed by atoms with van der Waals surface area (Å²) in [6.07, 6.45) is -0.672. The molecular formula is C17H17ClO3. The van der Waals surface area contributed by atoms with E-state index in [2.05, 4.69) is 0 Å². The number of carbonyl (C=O) groups is 1. The predicted molar refractivity (Wildman–Crippen MR) is 83.1 cm³/mol. The highest BCUT2D eigenvalue weighted by atomic mass is 35.5. The molecule has 0 saturated heterocycles. The molecule has 3 nitrogen and oxygen atoms in total. The summed E-state index contributed by atoms with van der Waals surface area (Å²) < 4.78 is 5.55. The molecule has 4 heteroatoms. The van der Waals surface area contributed by atoms with Gasteiger partial charge < -0.3 is 9.84 Å². The quantitative estimate of drug-likeness (QED) is 0.907. The molecule has 0 amide bonds. The molecule has 0 heterocycles. The lowest BCUT2D eigenvalue weighted by Crippen LogP contribution is -2.29. The molecule has 0 aliphatic carbocycles. The summed E-state index contributed by atoms with van der Waals surface area (Å²) >= 11 is 6.00. The molecular weight excluding hydrogens is 288 g/mol. The number of hydrogen-bond acceptors (Lipinski definition) is 2. The zero-order valence-electron chi connectivity index (χ0n) is 12.0. The summed E-state index contributed by atoms with van der Waals surface area (Å²) in [6.45, 7) is 4.03. The second-order valence-corrected chi connectivity index (χ2v) is 5.41. The molecule has 0 aliphatic heterocycles. The fraction of sp³-hybridized carbons (Fsp3) is 0.235. The van der Waals surface area contributed by atoms with E-state index in [9.17, 15) is 9.90 Å². The molecule has 21 heavy (non-hydrogen) atoms. The van der Waals surface area contributed by atoms with E-state index < -0.39 is 12.1 Å².